The van der Waals surface area contributed by atoms with Gasteiger partial charge in [0.1, 0.15) is 0 Å². The number of hydrogen-bond donors (Lipinski definition) is 1. The van der Waals surface area contributed by atoms with Gasteiger partial charge in [-0.25, -0.2) is 0 Å². The molecule has 4 nitrogen and oxygen atoms in total. The van der Waals surface area contributed by atoms with Crippen LogP contribution in [0.5, 0.6) is 0 Å². The van der Waals surface area contributed by atoms with Crippen LogP contribution in [0.15, 0.2) is 91.0 Å². The molecule has 0 aliphatic carbocycles. The highest BCUT2D eigenvalue weighted by Gasteiger charge is 2.21. The van der Waals surface area contributed by atoms with E-state index in [-0.39, 0.29) is 24.3 Å². The third-order valence-electron chi connectivity index (χ3n) is 4.61. The maximum atomic E-state index is 12.8. The van der Waals surface area contributed by atoms with Crippen molar-refractivity contribution in [3.8, 4) is 0 Å². The number of rotatable bonds is 7. The molecule has 3 rings (SSSR count). The van der Waals surface area contributed by atoms with Crippen molar-refractivity contribution in [3.63, 3.8) is 0 Å². The van der Waals surface area contributed by atoms with Gasteiger partial charge in [0.05, 0.1) is 12.5 Å². The molecule has 0 aliphatic heterocycles. The Hall–Kier alpha value is -3.40. The van der Waals surface area contributed by atoms with Crippen LogP contribution in [-0.4, -0.2) is 23.8 Å². The first-order valence-electron chi connectivity index (χ1n) is 9.32. The van der Waals surface area contributed by atoms with E-state index in [2.05, 4.69) is 5.32 Å². The van der Waals surface area contributed by atoms with Crippen molar-refractivity contribution >= 4 is 11.8 Å². The lowest BCUT2D eigenvalue weighted by Crippen LogP contribution is -2.34. The zero-order valence-electron chi connectivity index (χ0n) is 15.9. The largest absolute Gasteiger partial charge is 0.345 e. The second-order valence-electron chi connectivity index (χ2n) is 6.74. The summed E-state index contributed by atoms with van der Waals surface area (Å²) in [4.78, 5) is 27.2. The summed E-state index contributed by atoms with van der Waals surface area (Å²) in [6.45, 7) is 0.536. The van der Waals surface area contributed by atoms with Crippen LogP contribution in [0.3, 0.4) is 0 Å². The number of carbonyl (C=O) groups excluding carboxylic acids is 2. The molecular weight excluding hydrogens is 348 g/mol. The third-order valence-corrected chi connectivity index (χ3v) is 4.61. The molecule has 0 saturated carbocycles. The first-order chi connectivity index (χ1) is 13.6. The summed E-state index contributed by atoms with van der Waals surface area (Å²) in [5.41, 5.74) is 2.56. The van der Waals surface area contributed by atoms with Gasteiger partial charge in [-0.2, -0.15) is 0 Å². The molecular formula is C24H24N2O2. The number of benzene rings is 3. The summed E-state index contributed by atoms with van der Waals surface area (Å²) in [6, 6.07) is 28.1. The molecule has 1 N–H and O–H groups in total. The van der Waals surface area contributed by atoms with Gasteiger partial charge in [-0.3, -0.25) is 9.59 Å². The zero-order chi connectivity index (χ0) is 19.8. The van der Waals surface area contributed by atoms with Crippen molar-refractivity contribution in [2.24, 2.45) is 0 Å². The minimum Gasteiger partial charge on any atom is -0.345 e. The lowest BCUT2D eigenvalue weighted by atomic mass is 10.0. The fourth-order valence-electron chi connectivity index (χ4n) is 3.04. The fraction of sp³-hybridized carbons (Fsp3) is 0.167. The Balaban J connectivity index is 1.72. The quantitative estimate of drug-likeness (QED) is 0.675. The SMILES string of the molecule is CN(Cc1ccccc1)C(=O)C[C@@H](NC(=O)c1ccccc1)c1ccccc1. The first-order valence-corrected chi connectivity index (χ1v) is 9.32. The van der Waals surface area contributed by atoms with E-state index in [0.717, 1.165) is 11.1 Å². The first kappa shape index (κ1) is 19.4. The monoisotopic (exact) mass is 372 g/mol. The molecule has 28 heavy (non-hydrogen) atoms. The standard InChI is InChI=1S/C24H24N2O2/c1-26(18-19-11-5-2-6-12-19)23(27)17-22(20-13-7-3-8-14-20)25-24(28)21-15-9-4-10-16-21/h2-16,22H,17-18H2,1H3,(H,25,28)/t22-/m1/s1. The molecule has 2 amide bonds. The summed E-state index contributed by atoms with van der Waals surface area (Å²) in [6.07, 6.45) is 0.200. The third kappa shape index (κ3) is 5.30. The van der Waals surface area contributed by atoms with Crippen LogP contribution < -0.4 is 5.32 Å². The van der Waals surface area contributed by atoms with Gasteiger partial charge >= 0.3 is 0 Å². The summed E-state index contributed by atoms with van der Waals surface area (Å²) in [7, 11) is 1.79. The predicted octanol–water partition coefficient (Wildman–Crippen LogP) is 4.21. The Morgan fingerprint density at radius 3 is 1.96 bits per heavy atom. The molecule has 3 aromatic rings. The molecule has 0 unspecified atom stereocenters. The van der Waals surface area contributed by atoms with Crippen LogP contribution in [0.25, 0.3) is 0 Å². The molecule has 0 spiro atoms. The highest BCUT2D eigenvalue weighted by Crippen LogP contribution is 2.19. The van der Waals surface area contributed by atoms with Crippen molar-refractivity contribution < 1.29 is 9.59 Å². The van der Waals surface area contributed by atoms with Crippen LogP contribution in [0.4, 0.5) is 0 Å². The highest BCUT2D eigenvalue weighted by atomic mass is 16.2. The Labute approximate surface area is 165 Å². The Morgan fingerprint density at radius 1 is 0.821 bits per heavy atom. The maximum absolute atomic E-state index is 12.8. The van der Waals surface area contributed by atoms with Crippen molar-refractivity contribution in [1.82, 2.24) is 10.2 Å². The average Bonchev–Trinajstić information content (AvgIpc) is 2.75. The lowest BCUT2D eigenvalue weighted by Gasteiger charge is -2.23. The number of nitrogens with one attached hydrogen (secondary N) is 1. The molecule has 0 radical (unpaired) electrons. The van der Waals surface area contributed by atoms with Crippen molar-refractivity contribution in [1.29, 1.82) is 0 Å². The molecule has 0 fully saturated rings. The minimum absolute atomic E-state index is 0.0222. The van der Waals surface area contributed by atoms with Gasteiger partial charge in [-0.15, -0.1) is 0 Å². The second-order valence-corrected chi connectivity index (χ2v) is 6.74. The topological polar surface area (TPSA) is 49.4 Å². The number of hydrogen-bond acceptors (Lipinski definition) is 2. The van der Waals surface area contributed by atoms with Crippen LogP contribution in [0, 0.1) is 0 Å². The van der Waals surface area contributed by atoms with E-state index >= 15 is 0 Å². The predicted molar refractivity (Wildman–Crippen MR) is 111 cm³/mol. The maximum Gasteiger partial charge on any atom is 0.251 e. The Kier molecular flexibility index (Phi) is 6.58. The Morgan fingerprint density at radius 2 is 1.36 bits per heavy atom. The van der Waals surface area contributed by atoms with Crippen molar-refractivity contribution in [2.45, 2.75) is 19.0 Å². The van der Waals surface area contributed by atoms with Gasteiger partial charge in [0, 0.05) is 19.2 Å². The van der Waals surface area contributed by atoms with Crippen LogP contribution in [0.2, 0.25) is 0 Å². The molecule has 0 heterocycles. The number of nitrogens with zero attached hydrogens (tertiary/aromatic N) is 1. The molecule has 4 heteroatoms. The molecule has 142 valence electrons. The van der Waals surface area contributed by atoms with Gasteiger partial charge in [0.2, 0.25) is 5.91 Å². The van der Waals surface area contributed by atoms with Crippen LogP contribution >= 0.6 is 0 Å². The fourth-order valence-corrected chi connectivity index (χ4v) is 3.04. The van der Waals surface area contributed by atoms with Crippen molar-refractivity contribution in [2.75, 3.05) is 7.05 Å². The van der Waals surface area contributed by atoms with E-state index in [1.807, 2.05) is 78.9 Å². The van der Waals surface area contributed by atoms with Gasteiger partial charge < -0.3 is 10.2 Å². The summed E-state index contributed by atoms with van der Waals surface area (Å²) in [5, 5.41) is 3.01. The van der Waals surface area contributed by atoms with E-state index in [9.17, 15) is 9.59 Å². The minimum atomic E-state index is -0.389. The van der Waals surface area contributed by atoms with E-state index in [1.165, 1.54) is 0 Å². The van der Waals surface area contributed by atoms with Gasteiger partial charge in [0.15, 0.2) is 0 Å². The highest BCUT2D eigenvalue weighted by molar-refractivity contribution is 5.94. The number of carbonyl (C=O) groups is 2. The molecule has 0 saturated heterocycles. The van der Waals surface area contributed by atoms with E-state index < -0.39 is 0 Å². The second kappa shape index (κ2) is 9.51. The summed E-state index contributed by atoms with van der Waals surface area (Å²) in [5.74, 6) is -0.209. The van der Waals surface area contributed by atoms with Crippen LogP contribution in [0.1, 0.15) is 33.9 Å². The zero-order valence-corrected chi connectivity index (χ0v) is 15.9. The Bertz CT molecular complexity index is 896. The molecule has 1 atom stereocenters. The molecule has 0 bridgehead atoms. The average molecular weight is 372 g/mol. The van der Waals surface area contributed by atoms with E-state index in [1.54, 1.807) is 24.1 Å². The normalized spacial score (nSPS) is 11.5. The van der Waals surface area contributed by atoms with Gasteiger partial charge in [-0.05, 0) is 23.3 Å². The van der Waals surface area contributed by atoms with Gasteiger partial charge in [0.25, 0.3) is 5.91 Å². The van der Waals surface area contributed by atoms with E-state index in [4.69, 9.17) is 0 Å². The molecule has 0 aromatic heterocycles. The van der Waals surface area contributed by atoms with Crippen molar-refractivity contribution in [3.05, 3.63) is 108 Å². The lowest BCUT2D eigenvalue weighted by molar-refractivity contribution is -0.130. The number of amides is 2. The molecule has 3 aromatic carbocycles. The van der Waals surface area contributed by atoms with E-state index in [0.29, 0.717) is 12.1 Å². The molecule has 0 aliphatic rings. The summed E-state index contributed by atoms with van der Waals surface area (Å²) < 4.78 is 0. The summed E-state index contributed by atoms with van der Waals surface area (Å²) >= 11 is 0. The van der Waals surface area contributed by atoms with Crippen LogP contribution in [-0.2, 0) is 11.3 Å². The smallest absolute Gasteiger partial charge is 0.251 e. The van der Waals surface area contributed by atoms with Gasteiger partial charge in [-0.1, -0.05) is 78.9 Å².